The fraction of sp³-hybridized carbons (Fsp3) is 0.942. The van der Waals surface area contributed by atoms with Gasteiger partial charge < -0.3 is 14.2 Å². The minimum absolute atomic E-state index is 0.0651. The van der Waals surface area contributed by atoms with Crippen LogP contribution in [-0.4, -0.2) is 37.2 Å². The fourth-order valence-corrected chi connectivity index (χ4v) is 7.81. The molecule has 0 saturated heterocycles. The van der Waals surface area contributed by atoms with E-state index in [4.69, 9.17) is 14.2 Å². The maximum Gasteiger partial charge on any atom is 0.306 e. The summed E-state index contributed by atoms with van der Waals surface area (Å²) in [5, 5.41) is 0. The van der Waals surface area contributed by atoms with Gasteiger partial charge in [-0.05, 0) is 31.1 Å². The lowest BCUT2D eigenvalue weighted by atomic mass is 10.0. The highest BCUT2D eigenvalue weighted by atomic mass is 16.6. The molecule has 58 heavy (non-hydrogen) atoms. The summed E-state index contributed by atoms with van der Waals surface area (Å²) in [6.07, 6.45) is 45.6. The predicted octanol–water partition coefficient (Wildman–Crippen LogP) is 16.5. The molecule has 6 heteroatoms. The van der Waals surface area contributed by atoms with Crippen LogP contribution in [0.2, 0.25) is 0 Å². The summed E-state index contributed by atoms with van der Waals surface area (Å²) in [6.45, 7) is 11.3. The first-order chi connectivity index (χ1) is 28.2. The standard InChI is InChI=1S/C52H100O6/c1-6-7-8-30-39-44-52(55)58-49(46-57-51(54)43-38-34-29-25-21-17-13-15-19-23-27-32-36-41-48(4)5)45-56-50(53)42-37-33-28-24-20-16-12-10-9-11-14-18-22-26-31-35-40-47(2)3/h47-49H,6-46H2,1-5H3/t49-/m1/s1. The molecule has 0 heterocycles. The Morgan fingerprint density at radius 1 is 0.328 bits per heavy atom. The first-order valence-electron chi connectivity index (χ1n) is 25.7. The summed E-state index contributed by atoms with van der Waals surface area (Å²) in [5.74, 6) is 0.830. The summed E-state index contributed by atoms with van der Waals surface area (Å²) in [4.78, 5) is 37.6. The second-order valence-electron chi connectivity index (χ2n) is 18.8. The number of hydrogen-bond donors (Lipinski definition) is 0. The Morgan fingerprint density at radius 3 is 0.845 bits per heavy atom. The number of esters is 3. The van der Waals surface area contributed by atoms with Crippen molar-refractivity contribution in [2.24, 2.45) is 11.8 Å². The Labute approximate surface area is 361 Å². The predicted molar refractivity (Wildman–Crippen MR) is 247 cm³/mol. The molecule has 0 aliphatic heterocycles. The van der Waals surface area contributed by atoms with Crippen molar-refractivity contribution < 1.29 is 28.6 Å². The van der Waals surface area contributed by atoms with Gasteiger partial charge in [0.2, 0.25) is 0 Å². The van der Waals surface area contributed by atoms with Crippen molar-refractivity contribution in [2.45, 2.75) is 291 Å². The molecule has 0 unspecified atom stereocenters. The average molecular weight is 821 g/mol. The van der Waals surface area contributed by atoms with E-state index in [2.05, 4.69) is 34.6 Å². The van der Waals surface area contributed by atoms with E-state index in [1.165, 1.54) is 167 Å². The van der Waals surface area contributed by atoms with Crippen LogP contribution in [0.4, 0.5) is 0 Å². The van der Waals surface area contributed by atoms with Crippen molar-refractivity contribution in [3.05, 3.63) is 0 Å². The third kappa shape index (κ3) is 45.5. The maximum absolute atomic E-state index is 12.6. The molecule has 0 aromatic rings. The molecule has 0 spiro atoms. The molecule has 0 rings (SSSR count). The minimum Gasteiger partial charge on any atom is -0.462 e. The number of rotatable bonds is 46. The molecule has 0 aromatic carbocycles. The normalized spacial score (nSPS) is 12.1. The van der Waals surface area contributed by atoms with E-state index < -0.39 is 6.10 Å². The Bertz CT molecular complexity index is 885. The highest BCUT2D eigenvalue weighted by molar-refractivity contribution is 5.71. The van der Waals surface area contributed by atoms with E-state index in [1.807, 2.05) is 0 Å². The number of hydrogen-bond acceptors (Lipinski definition) is 6. The van der Waals surface area contributed by atoms with Crippen LogP contribution in [0.5, 0.6) is 0 Å². The lowest BCUT2D eigenvalue weighted by Gasteiger charge is -2.18. The van der Waals surface area contributed by atoms with Crippen molar-refractivity contribution in [1.82, 2.24) is 0 Å². The Morgan fingerprint density at radius 2 is 0.569 bits per heavy atom. The molecular weight excluding hydrogens is 721 g/mol. The lowest BCUT2D eigenvalue weighted by molar-refractivity contribution is -0.167. The largest absolute Gasteiger partial charge is 0.462 e. The van der Waals surface area contributed by atoms with E-state index in [-0.39, 0.29) is 31.1 Å². The van der Waals surface area contributed by atoms with E-state index in [0.717, 1.165) is 76.0 Å². The maximum atomic E-state index is 12.6. The Kier molecular flexibility index (Phi) is 43.7. The van der Waals surface area contributed by atoms with E-state index >= 15 is 0 Å². The molecule has 344 valence electrons. The van der Waals surface area contributed by atoms with Crippen molar-refractivity contribution in [2.75, 3.05) is 13.2 Å². The van der Waals surface area contributed by atoms with Gasteiger partial charge in [-0.15, -0.1) is 0 Å². The topological polar surface area (TPSA) is 78.9 Å². The minimum atomic E-state index is -0.759. The molecule has 0 aliphatic carbocycles. The summed E-state index contributed by atoms with van der Waals surface area (Å²) >= 11 is 0. The summed E-state index contributed by atoms with van der Waals surface area (Å²) in [5.41, 5.74) is 0. The van der Waals surface area contributed by atoms with Crippen LogP contribution >= 0.6 is 0 Å². The molecule has 0 saturated carbocycles. The highest BCUT2D eigenvalue weighted by Crippen LogP contribution is 2.17. The van der Waals surface area contributed by atoms with E-state index in [9.17, 15) is 14.4 Å². The summed E-state index contributed by atoms with van der Waals surface area (Å²) in [7, 11) is 0. The molecule has 0 fully saturated rings. The van der Waals surface area contributed by atoms with Gasteiger partial charge in [-0.2, -0.15) is 0 Å². The van der Waals surface area contributed by atoms with Crippen LogP contribution in [0.15, 0.2) is 0 Å². The van der Waals surface area contributed by atoms with Gasteiger partial charge in [-0.1, -0.05) is 247 Å². The molecule has 1 atom stereocenters. The van der Waals surface area contributed by atoms with Crippen LogP contribution in [0, 0.1) is 11.8 Å². The number of unbranched alkanes of at least 4 members (excludes halogenated alkanes) is 31. The van der Waals surface area contributed by atoms with Crippen molar-refractivity contribution in [1.29, 1.82) is 0 Å². The zero-order valence-corrected chi connectivity index (χ0v) is 39.7. The zero-order chi connectivity index (χ0) is 42.6. The summed E-state index contributed by atoms with van der Waals surface area (Å²) < 4.78 is 16.7. The van der Waals surface area contributed by atoms with Crippen molar-refractivity contribution >= 4 is 17.9 Å². The van der Waals surface area contributed by atoms with Gasteiger partial charge in [0.15, 0.2) is 6.10 Å². The van der Waals surface area contributed by atoms with E-state index in [0.29, 0.717) is 19.3 Å². The molecule has 0 bridgehead atoms. The van der Waals surface area contributed by atoms with Gasteiger partial charge in [0.25, 0.3) is 0 Å². The molecule has 6 nitrogen and oxygen atoms in total. The highest BCUT2D eigenvalue weighted by Gasteiger charge is 2.19. The van der Waals surface area contributed by atoms with Gasteiger partial charge in [0.05, 0.1) is 0 Å². The molecule has 0 aliphatic rings. The van der Waals surface area contributed by atoms with E-state index in [1.54, 1.807) is 0 Å². The number of ether oxygens (including phenoxy) is 3. The van der Waals surface area contributed by atoms with Crippen molar-refractivity contribution in [3.8, 4) is 0 Å². The van der Waals surface area contributed by atoms with Crippen molar-refractivity contribution in [3.63, 3.8) is 0 Å². The first-order valence-corrected chi connectivity index (χ1v) is 25.7. The SMILES string of the molecule is CCCCCCCC(=O)O[C@H](COC(=O)CCCCCCCCCCCCCCCCCCC(C)C)COC(=O)CCCCCCCCCCCCCCCC(C)C. The molecule has 0 aromatic heterocycles. The third-order valence-electron chi connectivity index (χ3n) is 11.7. The lowest BCUT2D eigenvalue weighted by Crippen LogP contribution is -2.30. The Balaban J connectivity index is 4.05. The second kappa shape index (κ2) is 44.9. The fourth-order valence-electron chi connectivity index (χ4n) is 7.81. The second-order valence-corrected chi connectivity index (χ2v) is 18.8. The molecule has 0 amide bonds. The van der Waals surface area contributed by atoms with Crippen LogP contribution < -0.4 is 0 Å². The Hall–Kier alpha value is -1.59. The van der Waals surface area contributed by atoms with Crippen LogP contribution in [0.1, 0.15) is 285 Å². The molecular formula is C52H100O6. The van der Waals surface area contributed by atoms with Crippen LogP contribution in [-0.2, 0) is 28.6 Å². The smallest absolute Gasteiger partial charge is 0.306 e. The van der Waals surface area contributed by atoms with Crippen LogP contribution in [0.25, 0.3) is 0 Å². The first kappa shape index (κ1) is 56.4. The summed E-state index contributed by atoms with van der Waals surface area (Å²) in [6, 6.07) is 0. The quantitative estimate of drug-likeness (QED) is 0.0346. The average Bonchev–Trinajstić information content (AvgIpc) is 3.19. The van der Waals surface area contributed by atoms with Gasteiger partial charge in [-0.3, -0.25) is 14.4 Å². The van der Waals surface area contributed by atoms with Gasteiger partial charge >= 0.3 is 17.9 Å². The number of carbonyl (C=O) groups is 3. The monoisotopic (exact) mass is 821 g/mol. The molecule has 0 N–H and O–H groups in total. The third-order valence-corrected chi connectivity index (χ3v) is 11.7. The van der Waals surface area contributed by atoms with Gasteiger partial charge in [0, 0.05) is 19.3 Å². The van der Waals surface area contributed by atoms with Crippen LogP contribution in [0.3, 0.4) is 0 Å². The molecule has 0 radical (unpaired) electrons. The van der Waals surface area contributed by atoms with Gasteiger partial charge in [-0.25, -0.2) is 0 Å². The van der Waals surface area contributed by atoms with Gasteiger partial charge in [0.1, 0.15) is 13.2 Å². The zero-order valence-electron chi connectivity index (χ0n) is 39.7. The number of carbonyl (C=O) groups excluding carboxylic acids is 3.